The average molecular weight is 429 g/mol. The van der Waals surface area contributed by atoms with Crippen LogP contribution in [0.25, 0.3) is 0 Å². The number of hydrogen-bond acceptors (Lipinski definition) is 5. The molecule has 0 spiro atoms. The van der Waals surface area contributed by atoms with Crippen LogP contribution in [0.3, 0.4) is 0 Å². The van der Waals surface area contributed by atoms with Crippen molar-refractivity contribution in [3.05, 3.63) is 45.6 Å². The minimum atomic E-state index is -2.59. The highest BCUT2D eigenvalue weighted by Crippen LogP contribution is 2.33. The maximum absolute atomic E-state index is 12.8. The van der Waals surface area contributed by atoms with Crippen LogP contribution in [0.2, 0.25) is 0 Å². The summed E-state index contributed by atoms with van der Waals surface area (Å²) in [5, 5.41) is 4.37. The molecule has 1 aliphatic rings. The summed E-state index contributed by atoms with van der Waals surface area (Å²) in [4.78, 5) is 27.7. The maximum Gasteiger partial charge on any atom is 0.288 e. The van der Waals surface area contributed by atoms with Gasteiger partial charge in [-0.2, -0.15) is 20.5 Å². The molecule has 4 nitrogen and oxygen atoms in total. The van der Waals surface area contributed by atoms with Crippen molar-refractivity contribution in [2.24, 2.45) is 0 Å². The molecule has 0 aliphatic carbocycles. The number of anilines is 1. The lowest BCUT2D eigenvalue weighted by Gasteiger charge is -2.27. The van der Waals surface area contributed by atoms with E-state index in [0.717, 1.165) is 22.8 Å². The molecule has 0 radical (unpaired) electrons. The fourth-order valence-corrected chi connectivity index (χ4v) is 5.27. The van der Waals surface area contributed by atoms with Crippen molar-refractivity contribution in [3.8, 4) is 0 Å². The van der Waals surface area contributed by atoms with Crippen molar-refractivity contribution in [2.45, 2.75) is 17.6 Å². The van der Waals surface area contributed by atoms with E-state index in [1.165, 1.54) is 6.07 Å². The first kappa shape index (κ1) is 20.2. The summed E-state index contributed by atoms with van der Waals surface area (Å²) >= 11 is 3.30. The Morgan fingerprint density at radius 3 is 2.67 bits per heavy atom. The fourth-order valence-electron chi connectivity index (χ4n) is 2.77. The number of thioether (sulfide) groups is 2. The van der Waals surface area contributed by atoms with Gasteiger partial charge < -0.3 is 10.2 Å². The SMILES string of the molecule is Cc1c(NC(=O)c2sccc2SC(F)F)cccc1C(=O)N1CCSCC1. The molecule has 0 saturated carbocycles. The summed E-state index contributed by atoms with van der Waals surface area (Å²) in [7, 11) is 0. The highest BCUT2D eigenvalue weighted by Gasteiger charge is 2.22. The number of carbonyl (C=O) groups excluding carboxylic acids is 2. The topological polar surface area (TPSA) is 49.4 Å². The normalized spacial score (nSPS) is 14.4. The molecule has 1 fully saturated rings. The van der Waals surface area contributed by atoms with E-state index in [4.69, 9.17) is 0 Å². The largest absolute Gasteiger partial charge is 0.337 e. The van der Waals surface area contributed by atoms with Gasteiger partial charge in [-0.1, -0.05) is 17.8 Å². The molecule has 1 aliphatic heterocycles. The lowest BCUT2D eigenvalue weighted by atomic mass is 10.1. The molecule has 0 bridgehead atoms. The minimum absolute atomic E-state index is 0.0473. The van der Waals surface area contributed by atoms with Gasteiger partial charge in [0, 0.05) is 40.7 Å². The molecule has 1 saturated heterocycles. The third-order valence-corrected chi connectivity index (χ3v) is 6.92. The second kappa shape index (κ2) is 9.07. The quantitative estimate of drug-likeness (QED) is 0.694. The van der Waals surface area contributed by atoms with E-state index in [9.17, 15) is 18.4 Å². The third-order valence-electron chi connectivity index (χ3n) is 4.16. The first-order valence-electron chi connectivity index (χ1n) is 8.27. The lowest BCUT2D eigenvalue weighted by Crippen LogP contribution is -2.38. The van der Waals surface area contributed by atoms with Crippen LogP contribution >= 0.6 is 34.9 Å². The van der Waals surface area contributed by atoms with Crippen LogP contribution in [0.15, 0.2) is 34.5 Å². The smallest absolute Gasteiger partial charge is 0.288 e. The first-order chi connectivity index (χ1) is 13.0. The molecule has 2 aromatic rings. The molecule has 0 unspecified atom stereocenters. The predicted molar refractivity (Wildman–Crippen MR) is 109 cm³/mol. The van der Waals surface area contributed by atoms with Crippen LogP contribution in [-0.4, -0.2) is 47.1 Å². The molecule has 0 atom stereocenters. The first-order valence-corrected chi connectivity index (χ1v) is 11.2. The van der Waals surface area contributed by atoms with E-state index in [1.807, 2.05) is 16.7 Å². The number of carbonyl (C=O) groups is 2. The summed E-state index contributed by atoms with van der Waals surface area (Å²) in [5.41, 5.74) is 1.74. The number of rotatable bonds is 5. The Balaban J connectivity index is 1.79. The van der Waals surface area contributed by atoms with Gasteiger partial charge in [-0.25, -0.2) is 0 Å². The van der Waals surface area contributed by atoms with Gasteiger partial charge in [-0.3, -0.25) is 9.59 Å². The lowest BCUT2D eigenvalue weighted by molar-refractivity contribution is 0.0771. The van der Waals surface area contributed by atoms with Crippen LogP contribution in [0.1, 0.15) is 25.6 Å². The molecule has 1 aromatic carbocycles. The number of amides is 2. The zero-order chi connectivity index (χ0) is 19.4. The maximum atomic E-state index is 12.8. The zero-order valence-electron chi connectivity index (χ0n) is 14.5. The molecular formula is C18H18F2N2O2S3. The van der Waals surface area contributed by atoms with E-state index < -0.39 is 11.7 Å². The Morgan fingerprint density at radius 1 is 1.22 bits per heavy atom. The van der Waals surface area contributed by atoms with E-state index in [0.29, 0.717) is 41.7 Å². The van der Waals surface area contributed by atoms with Gasteiger partial charge in [0.25, 0.3) is 17.6 Å². The number of nitrogens with one attached hydrogen (secondary N) is 1. The summed E-state index contributed by atoms with van der Waals surface area (Å²) in [6.45, 7) is 3.21. The van der Waals surface area contributed by atoms with E-state index in [1.54, 1.807) is 30.5 Å². The van der Waals surface area contributed by atoms with Crippen LogP contribution in [0, 0.1) is 6.92 Å². The number of benzene rings is 1. The van der Waals surface area contributed by atoms with Gasteiger partial charge in [0.1, 0.15) is 4.88 Å². The monoisotopic (exact) mass is 428 g/mol. The van der Waals surface area contributed by atoms with Crippen LogP contribution < -0.4 is 5.32 Å². The minimum Gasteiger partial charge on any atom is -0.337 e. The zero-order valence-corrected chi connectivity index (χ0v) is 17.0. The van der Waals surface area contributed by atoms with Gasteiger partial charge in [0.2, 0.25) is 0 Å². The Hall–Kier alpha value is -1.58. The van der Waals surface area contributed by atoms with Gasteiger partial charge in [0.05, 0.1) is 0 Å². The van der Waals surface area contributed by atoms with E-state index >= 15 is 0 Å². The fraction of sp³-hybridized carbons (Fsp3) is 0.333. The van der Waals surface area contributed by atoms with Crippen molar-refractivity contribution >= 4 is 52.4 Å². The second-order valence-electron chi connectivity index (χ2n) is 5.83. The summed E-state index contributed by atoms with van der Waals surface area (Å²) in [6.07, 6.45) is 0. The average Bonchev–Trinajstić information content (AvgIpc) is 3.11. The molecule has 1 N–H and O–H groups in total. The molecule has 144 valence electrons. The van der Waals surface area contributed by atoms with E-state index in [-0.39, 0.29) is 15.7 Å². The summed E-state index contributed by atoms with van der Waals surface area (Å²) < 4.78 is 25.3. The van der Waals surface area contributed by atoms with Gasteiger partial charge >= 0.3 is 0 Å². The molecule has 2 heterocycles. The van der Waals surface area contributed by atoms with Crippen LogP contribution in [-0.2, 0) is 0 Å². The number of alkyl halides is 2. The number of nitrogens with zero attached hydrogens (tertiary/aromatic N) is 1. The second-order valence-corrected chi connectivity index (χ2v) is 9.00. The van der Waals surface area contributed by atoms with Crippen molar-refractivity contribution in [2.75, 3.05) is 29.9 Å². The Kier molecular flexibility index (Phi) is 6.78. The predicted octanol–water partition coefficient (Wildman–Crippen LogP) is 4.81. The summed E-state index contributed by atoms with van der Waals surface area (Å²) in [5.74, 6) is -1.24. The highest BCUT2D eigenvalue weighted by atomic mass is 32.2. The number of halogens is 2. The van der Waals surface area contributed by atoms with Gasteiger partial charge in [0.15, 0.2) is 0 Å². The van der Waals surface area contributed by atoms with Crippen LogP contribution in [0.5, 0.6) is 0 Å². The molecular weight excluding hydrogens is 410 g/mol. The van der Waals surface area contributed by atoms with Crippen molar-refractivity contribution in [3.63, 3.8) is 0 Å². The number of thiophene rings is 1. The van der Waals surface area contributed by atoms with Crippen molar-refractivity contribution in [1.82, 2.24) is 4.90 Å². The van der Waals surface area contributed by atoms with Crippen LogP contribution in [0.4, 0.5) is 14.5 Å². The number of hydrogen-bond donors (Lipinski definition) is 1. The molecule has 3 rings (SSSR count). The Bertz CT molecular complexity index is 836. The molecule has 2 amide bonds. The molecule has 27 heavy (non-hydrogen) atoms. The summed E-state index contributed by atoms with van der Waals surface area (Å²) in [6, 6.07) is 6.69. The molecule has 1 aromatic heterocycles. The Labute approximate surface area is 168 Å². The standard InChI is InChI=1S/C18H18F2N2O2S3/c1-11-12(17(24)22-6-9-25-10-7-22)3-2-4-13(11)21-16(23)15-14(5-8-26-15)27-18(19)20/h2-5,8,18H,6-7,9-10H2,1H3,(H,21,23). The van der Waals surface area contributed by atoms with Gasteiger partial charge in [-0.05, 0) is 36.1 Å². The third kappa shape index (κ3) is 4.83. The Morgan fingerprint density at radius 2 is 1.96 bits per heavy atom. The van der Waals surface area contributed by atoms with Gasteiger partial charge in [-0.15, -0.1) is 11.3 Å². The van der Waals surface area contributed by atoms with Crippen molar-refractivity contribution < 1.29 is 18.4 Å². The van der Waals surface area contributed by atoms with E-state index in [2.05, 4.69) is 5.32 Å². The van der Waals surface area contributed by atoms with Crippen molar-refractivity contribution in [1.29, 1.82) is 0 Å². The highest BCUT2D eigenvalue weighted by molar-refractivity contribution is 7.99. The molecule has 9 heteroatoms.